The molecule has 0 saturated heterocycles. The Labute approximate surface area is 149 Å². The summed E-state index contributed by atoms with van der Waals surface area (Å²) in [5, 5.41) is 6.54. The normalized spacial score (nSPS) is 11.0. The highest BCUT2D eigenvalue weighted by molar-refractivity contribution is 8.00. The number of aromatic nitrogens is 1. The molecule has 124 valence electrons. The van der Waals surface area contributed by atoms with Gasteiger partial charge >= 0.3 is 5.97 Å². The van der Waals surface area contributed by atoms with Crippen LogP contribution < -0.4 is 0 Å². The number of hydrogen-bond acceptors (Lipinski definition) is 5. The minimum atomic E-state index is -0.288. The number of rotatable bonds is 5. The first-order valence-corrected chi connectivity index (χ1v) is 8.80. The molecule has 4 nitrogen and oxygen atoms in total. The molecule has 3 rings (SSSR count). The number of ether oxygens (including phenoxy) is 1. The van der Waals surface area contributed by atoms with Crippen molar-refractivity contribution < 1.29 is 14.1 Å². The highest BCUT2D eigenvalue weighted by atomic mass is 35.5. The van der Waals surface area contributed by atoms with Crippen molar-refractivity contribution in [3.8, 4) is 0 Å². The molecule has 0 spiro atoms. The third-order valence-electron chi connectivity index (χ3n) is 3.72. The molecular formula is C18H16ClNO3S. The lowest BCUT2D eigenvalue weighted by molar-refractivity contribution is -0.141. The van der Waals surface area contributed by atoms with Crippen LogP contribution >= 0.6 is 23.4 Å². The van der Waals surface area contributed by atoms with Gasteiger partial charge in [-0.1, -0.05) is 41.0 Å². The molecule has 0 radical (unpaired) electrons. The lowest BCUT2D eigenvalue weighted by Crippen LogP contribution is -2.08. The molecule has 1 aromatic heterocycles. The second-order valence-corrected chi connectivity index (χ2v) is 6.77. The van der Waals surface area contributed by atoms with Gasteiger partial charge in [-0.2, -0.15) is 0 Å². The number of hydrogen-bond donors (Lipinski definition) is 0. The minimum absolute atomic E-state index is 0.177. The molecule has 0 N–H and O–H groups in total. The summed E-state index contributed by atoms with van der Waals surface area (Å²) in [6.07, 6.45) is 0. The molecule has 2 aromatic carbocycles. The Morgan fingerprint density at radius 1 is 1.25 bits per heavy atom. The van der Waals surface area contributed by atoms with Gasteiger partial charge in [-0.15, -0.1) is 11.8 Å². The fraction of sp³-hybridized carbons (Fsp3) is 0.222. The van der Waals surface area contributed by atoms with E-state index in [-0.39, 0.29) is 18.3 Å². The second kappa shape index (κ2) is 7.28. The van der Waals surface area contributed by atoms with Gasteiger partial charge in [-0.3, -0.25) is 4.79 Å². The lowest BCUT2D eigenvalue weighted by atomic mass is 10.1. The maximum Gasteiger partial charge on any atom is 0.316 e. The molecule has 6 heteroatoms. The maximum absolute atomic E-state index is 12.0. The Hall–Kier alpha value is -1.98. The number of carbonyl (C=O) groups is 1. The molecule has 0 aliphatic heterocycles. The van der Waals surface area contributed by atoms with Crippen molar-refractivity contribution in [2.24, 2.45) is 0 Å². The van der Waals surface area contributed by atoms with E-state index in [0.717, 1.165) is 26.9 Å². The van der Waals surface area contributed by atoms with Gasteiger partial charge in [0, 0.05) is 15.3 Å². The number of aryl methyl sites for hydroxylation is 2. The van der Waals surface area contributed by atoms with Crippen LogP contribution in [0.25, 0.3) is 10.8 Å². The number of nitrogens with zero attached hydrogens (tertiary/aromatic N) is 1. The Bertz CT molecular complexity index is 866. The monoisotopic (exact) mass is 361 g/mol. The summed E-state index contributed by atoms with van der Waals surface area (Å²) < 4.78 is 10.4. The first kappa shape index (κ1) is 16.9. The van der Waals surface area contributed by atoms with E-state index in [0.29, 0.717) is 10.8 Å². The Morgan fingerprint density at radius 2 is 2.00 bits per heavy atom. The van der Waals surface area contributed by atoms with Crippen LogP contribution in [0.2, 0.25) is 5.02 Å². The third-order valence-corrected chi connectivity index (χ3v) is 5.07. The van der Waals surface area contributed by atoms with Crippen LogP contribution in [0.15, 0.2) is 45.8 Å². The maximum atomic E-state index is 12.0. The zero-order chi connectivity index (χ0) is 17.1. The van der Waals surface area contributed by atoms with Crippen molar-refractivity contribution in [3.05, 3.63) is 58.4 Å². The van der Waals surface area contributed by atoms with Gasteiger partial charge in [-0.05, 0) is 31.4 Å². The van der Waals surface area contributed by atoms with Gasteiger partial charge in [0.2, 0.25) is 0 Å². The molecule has 0 unspecified atom stereocenters. The van der Waals surface area contributed by atoms with Crippen molar-refractivity contribution in [1.29, 1.82) is 0 Å². The van der Waals surface area contributed by atoms with E-state index >= 15 is 0 Å². The second-order valence-electron chi connectivity index (χ2n) is 5.35. The Kier molecular flexibility index (Phi) is 5.11. The smallest absolute Gasteiger partial charge is 0.316 e. The molecule has 0 saturated carbocycles. The summed E-state index contributed by atoms with van der Waals surface area (Å²) in [5.41, 5.74) is 1.57. The summed E-state index contributed by atoms with van der Waals surface area (Å²) >= 11 is 7.71. The number of halogens is 1. The molecule has 3 aromatic rings. The largest absolute Gasteiger partial charge is 0.460 e. The summed E-state index contributed by atoms with van der Waals surface area (Å²) in [6.45, 7) is 3.80. The van der Waals surface area contributed by atoms with E-state index in [1.54, 1.807) is 6.92 Å². The third kappa shape index (κ3) is 3.57. The molecule has 0 bridgehead atoms. The summed E-state index contributed by atoms with van der Waals surface area (Å²) in [5.74, 6) is 0.603. The highest BCUT2D eigenvalue weighted by Gasteiger charge is 2.13. The van der Waals surface area contributed by atoms with E-state index in [1.807, 2.05) is 43.3 Å². The van der Waals surface area contributed by atoms with E-state index in [2.05, 4.69) is 5.16 Å². The fourth-order valence-electron chi connectivity index (χ4n) is 2.42. The first-order valence-electron chi connectivity index (χ1n) is 7.43. The van der Waals surface area contributed by atoms with Crippen LogP contribution in [0.5, 0.6) is 0 Å². The molecule has 0 fully saturated rings. The van der Waals surface area contributed by atoms with Crippen LogP contribution in [0.1, 0.15) is 17.0 Å². The summed E-state index contributed by atoms with van der Waals surface area (Å²) in [7, 11) is 0. The molecule has 24 heavy (non-hydrogen) atoms. The zero-order valence-corrected chi connectivity index (χ0v) is 14.9. The average molecular weight is 362 g/mol. The molecule has 0 aliphatic rings. The molecule has 0 amide bonds. The van der Waals surface area contributed by atoms with Crippen molar-refractivity contribution in [1.82, 2.24) is 5.16 Å². The lowest BCUT2D eigenvalue weighted by Gasteiger charge is -2.08. The van der Waals surface area contributed by atoms with Crippen molar-refractivity contribution >= 4 is 40.1 Å². The van der Waals surface area contributed by atoms with Crippen molar-refractivity contribution in [2.75, 3.05) is 5.75 Å². The predicted molar refractivity (Wildman–Crippen MR) is 95.5 cm³/mol. The molecule has 1 heterocycles. The van der Waals surface area contributed by atoms with Gasteiger partial charge < -0.3 is 9.26 Å². The number of benzene rings is 2. The minimum Gasteiger partial charge on any atom is -0.460 e. The zero-order valence-electron chi connectivity index (χ0n) is 13.3. The topological polar surface area (TPSA) is 52.3 Å². The fourth-order valence-corrected chi connectivity index (χ4v) is 3.66. The first-order chi connectivity index (χ1) is 11.6. The Morgan fingerprint density at radius 3 is 2.71 bits per heavy atom. The molecular weight excluding hydrogens is 346 g/mol. The average Bonchev–Trinajstić information content (AvgIpc) is 2.89. The molecule has 0 aliphatic carbocycles. The summed E-state index contributed by atoms with van der Waals surface area (Å²) in [6, 6.07) is 11.7. The van der Waals surface area contributed by atoms with Gasteiger partial charge in [0.1, 0.15) is 12.4 Å². The highest BCUT2D eigenvalue weighted by Crippen LogP contribution is 2.33. The van der Waals surface area contributed by atoms with Gasteiger partial charge in [0.15, 0.2) is 0 Å². The van der Waals surface area contributed by atoms with Crippen LogP contribution in [0.3, 0.4) is 0 Å². The number of carbonyl (C=O) groups excluding carboxylic acids is 1. The number of fused-ring (bicyclic) bond motifs is 1. The predicted octanol–water partition coefficient (Wildman–Crippen LogP) is 4.93. The van der Waals surface area contributed by atoms with Gasteiger partial charge in [0.25, 0.3) is 0 Å². The molecule has 0 atom stereocenters. The van der Waals surface area contributed by atoms with E-state index < -0.39 is 0 Å². The standard InChI is InChI=1S/C18H16ClNO3S/c1-11-14(12(2)23-20-11)9-22-17(21)10-24-16-8-4-6-13-5-3-7-15(19)18(13)16/h3-8H,9-10H2,1-2H3. The quantitative estimate of drug-likeness (QED) is 0.476. The van der Waals surface area contributed by atoms with Crippen molar-refractivity contribution in [3.63, 3.8) is 0 Å². The SMILES string of the molecule is Cc1noc(C)c1COC(=O)CSc1cccc2cccc(Cl)c12. The van der Waals surface area contributed by atoms with Gasteiger partial charge in [-0.25, -0.2) is 0 Å². The van der Waals surface area contributed by atoms with Crippen LogP contribution in [-0.4, -0.2) is 16.9 Å². The number of thioether (sulfide) groups is 1. The van der Waals surface area contributed by atoms with Gasteiger partial charge in [0.05, 0.1) is 17.0 Å². The number of esters is 1. The van der Waals surface area contributed by atoms with Crippen LogP contribution in [-0.2, 0) is 16.1 Å². The van der Waals surface area contributed by atoms with Crippen LogP contribution in [0.4, 0.5) is 0 Å². The van der Waals surface area contributed by atoms with E-state index in [1.165, 1.54) is 11.8 Å². The Balaban J connectivity index is 1.65. The summed E-state index contributed by atoms with van der Waals surface area (Å²) in [4.78, 5) is 13.0. The van der Waals surface area contributed by atoms with E-state index in [4.69, 9.17) is 20.9 Å². The van der Waals surface area contributed by atoms with E-state index in [9.17, 15) is 4.79 Å². The van der Waals surface area contributed by atoms with Crippen LogP contribution in [0, 0.1) is 13.8 Å². The van der Waals surface area contributed by atoms with Crippen molar-refractivity contribution in [2.45, 2.75) is 25.3 Å².